The Hall–Kier alpha value is -0.860. The van der Waals surface area contributed by atoms with E-state index in [1.807, 2.05) is 0 Å². The number of hydrogen-bond donors (Lipinski definition) is 1. The molecule has 1 saturated carbocycles. The van der Waals surface area contributed by atoms with Gasteiger partial charge in [-0.15, -0.1) is 0 Å². The minimum Gasteiger partial charge on any atom is -0.374 e. The van der Waals surface area contributed by atoms with Crippen LogP contribution in [0.25, 0.3) is 0 Å². The maximum absolute atomic E-state index is 6.58. The molecule has 0 bridgehead atoms. The summed E-state index contributed by atoms with van der Waals surface area (Å²) >= 11 is 0. The highest BCUT2D eigenvalue weighted by Crippen LogP contribution is 2.35. The quantitative estimate of drug-likeness (QED) is 0.884. The Kier molecular flexibility index (Phi) is 5.22. The van der Waals surface area contributed by atoms with Crippen LogP contribution in [-0.4, -0.2) is 18.2 Å². The van der Waals surface area contributed by atoms with Gasteiger partial charge in [-0.05, 0) is 45.6 Å². The van der Waals surface area contributed by atoms with Gasteiger partial charge in [0.05, 0.1) is 5.60 Å². The third-order valence-corrected chi connectivity index (χ3v) is 4.54. The molecule has 2 N–H and O–H groups in total. The molecule has 0 radical (unpaired) electrons. The minimum atomic E-state index is -0.0926. The van der Waals surface area contributed by atoms with Crippen LogP contribution in [0.4, 0.5) is 0 Å². The fraction of sp³-hybridized carbons (Fsp3) is 0.667. The summed E-state index contributed by atoms with van der Waals surface area (Å²) in [4.78, 5) is 0. The highest BCUT2D eigenvalue weighted by atomic mass is 16.5. The maximum Gasteiger partial charge on any atom is 0.0835 e. The van der Waals surface area contributed by atoms with Gasteiger partial charge in [0, 0.05) is 12.6 Å². The van der Waals surface area contributed by atoms with Crippen LogP contribution in [0.3, 0.4) is 0 Å². The van der Waals surface area contributed by atoms with E-state index in [-0.39, 0.29) is 11.6 Å². The largest absolute Gasteiger partial charge is 0.374 e. The van der Waals surface area contributed by atoms with Crippen molar-refractivity contribution in [3.8, 4) is 0 Å². The van der Waals surface area contributed by atoms with Crippen LogP contribution in [0.15, 0.2) is 18.2 Å². The summed E-state index contributed by atoms with van der Waals surface area (Å²) in [6, 6.07) is 6.84. The molecule has 112 valence electrons. The number of benzene rings is 1. The molecule has 1 aliphatic rings. The molecule has 0 spiro atoms. The van der Waals surface area contributed by atoms with Gasteiger partial charge in [-0.2, -0.15) is 0 Å². The van der Waals surface area contributed by atoms with E-state index in [9.17, 15) is 0 Å². The average Bonchev–Trinajstić information content (AvgIpc) is 2.38. The van der Waals surface area contributed by atoms with Gasteiger partial charge in [0.15, 0.2) is 0 Å². The second-order valence-electron chi connectivity index (χ2n) is 6.37. The van der Waals surface area contributed by atoms with E-state index in [4.69, 9.17) is 10.5 Å². The second-order valence-corrected chi connectivity index (χ2v) is 6.37. The van der Waals surface area contributed by atoms with Crippen LogP contribution in [0.5, 0.6) is 0 Å². The van der Waals surface area contributed by atoms with Crippen molar-refractivity contribution in [1.29, 1.82) is 0 Å². The molecular formula is C18H29NO. The number of ether oxygens (including phenoxy) is 1. The first-order valence-corrected chi connectivity index (χ1v) is 8.02. The van der Waals surface area contributed by atoms with Crippen LogP contribution in [0.2, 0.25) is 0 Å². The lowest BCUT2D eigenvalue weighted by Crippen LogP contribution is -2.52. The van der Waals surface area contributed by atoms with Crippen molar-refractivity contribution in [3.05, 3.63) is 34.9 Å². The summed E-state index contributed by atoms with van der Waals surface area (Å²) in [6.45, 7) is 7.16. The summed E-state index contributed by atoms with van der Waals surface area (Å²) < 4.78 is 6.14. The van der Waals surface area contributed by atoms with Gasteiger partial charge in [0.1, 0.15) is 0 Å². The first-order valence-electron chi connectivity index (χ1n) is 8.02. The third kappa shape index (κ3) is 3.62. The highest BCUT2D eigenvalue weighted by molar-refractivity contribution is 5.29. The number of nitrogens with two attached hydrogens (primary N) is 1. The third-order valence-electron chi connectivity index (χ3n) is 4.54. The molecule has 2 rings (SSSR count). The average molecular weight is 275 g/mol. The lowest BCUT2D eigenvalue weighted by molar-refractivity contribution is -0.0817. The topological polar surface area (TPSA) is 35.2 Å². The number of aryl methyl sites for hydroxylation is 2. The zero-order valence-electron chi connectivity index (χ0n) is 13.2. The van der Waals surface area contributed by atoms with E-state index in [0.717, 1.165) is 25.9 Å². The van der Waals surface area contributed by atoms with Crippen molar-refractivity contribution in [2.45, 2.75) is 70.9 Å². The van der Waals surface area contributed by atoms with Crippen LogP contribution in [0, 0.1) is 13.8 Å². The second kappa shape index (κ2) is 6.73. The van der Waals surface area contributed by atoms with Crippen molar-refractivity contribution < 1.29 is 4.74 Å². The van der Waals surface area contributed by atoms with E-state index < -0.39 is 0 Å². The van der Waals surface area contributed by atoms with E-state index >= 15 is 0 Å². The molecule has 0 saturated heterocycles. The normalized spacial score (nSPS) is 19.8. The van der Waals surface area contributed by atoms with Gasteiger partial charge in [0.2, 0.25) is 0 Å². The molecule has 0 heterocycles. The molecule has 1 aromatic rings. The van der Waals surface area contributed by atoms with Gasteiger partial charge in [-0.3, -0.25) is 0 Å². The Bertz CT molecular complexity index is 409. The van der Waals surface area contributed by atoms with Crippen molar-refractivity contribution in [1.82, 2.24) is 0 Å². The number of hydrogen-bond acceptors (Lipinski definition) is 2. The Balaban J connectivity index is 2.13. The summed E-state index contributed by atoms with van der Waals surface area (Å²) in [5, 5.41) is 0. The molecule has 0 amide bonds. The Morgan fingerprint density at radius 3 is 2.25 bits per heavy atom. The molecule has 0 aliphatic heterocycles. The van der Waals surface area contributed by atoms with Crippen molar-refractivity contribution >= 4 is 0 Å². The summed E-state index contributed by atoms with van der Waals surface area (Å²) in [6.07, 6.45) is 6.98. The zero-order valence-corrected chi connectivity index (χ0v) is 13.2. The van der Waals surface area contributed by atoms with Gasteiger partial charge in [-0.25, -0.2) is 0 Å². The van der Waals surface area contributed by atoms with Crippen LogP contribution >= 0.6 is 0 Å². The predicted octanol–water partition coefficient (Wildman–Crippen LogP) is 3.91. The molecule has 1 fully saturated rings. The molecule has 0 aromatic heterocycles. The standard InChI is InChI=1S/C18H29NO/c1-4-20-18(8-6-5-7-9-18)17(19)13-16-11-14(2)10-15(3)12-16/h10-12,17H,4-9,13,19H2,1-3H3. The highest BCUT2D eigenvalue weighted by Gasteiger charge is 2.38. The zero-order chi connectivity index (χ0) is 14.6. The van der Waals surface area contributed by atoms with E-state index in [2.05, 4.69) is 39.0 Å². The smallest absolute Gasteiger partial charge is 0.0835 e. The lowest BCUT2D eigenvalue weighted by Gasteiger charge is -2.41. The fourth-order valence-electron chi connectivity index (χ4n) is 3.69. The maximum atomic E-state index is 6.58. The summed E-state index contributed by atoms with van der Waals surface area (Å²) in [7, 11) is 0. The van der Waals surface area contributed by atoms with Crippen molar-refractivity contribution in [3.63, 3.8) is 0 Å². The monoisotopic (exact) mass is 275 g/mol. The fourth-order valence-corrected chi connectivity index (χ4v) is 3.69. The van der Waals surface area contributed by atoms with E-state index in [1.54, 1.807) is 0 Å². The van der Waals surface area contributed by atoms with Gasteiger partial charge >= 0.3 is 0 Å². The molecule has 20 heavy (non-hydrogen) atoms. The summed E-state index contributed by atoms with van der Waals surface area (Å²) in [5.74, 6) is 0. The lowest BCUT2D eigenvalue weighted by atomic mass is 9.77. The molecule has 1 aromatic carbocycles. The molecule has 2 heteroatoms. The van der Waals surface area contributed by atoms with Crippen molar-refractivity contribution in [2.75, 3.05) is 6.61 Å². The Labute approximate surface area is 123 Å². The van der Waals surface area contributed by atoms with Crippen LogP contribution in [-0.2, 0) is 11.2 Å². The SMILES string of the molecule is CCOC1(C(N)Cc2cc(C)cc(C)c2)CCCCC1. The molecule has 2 nitrogen and oxygen atoms in total. The van der Waals surface area contributed by atoms with Gasteiger partial charge in [0.25, 0.3) is 0 Å². The van der Waals surface area contributed by atoms with E-state index in [0.29, 0.717) is 0 Å². The Morgan fingerprint density at radius 2 is 1.70 bits per heavy atom. The number of rotatable bonds is 5. The molecule has 1 unspecified atom stereocenters. The first-order chi connectivity index (χ1) is 9.55. The van der Waals surface area contributed by atoms with Gasteiger partial charge in [-0.1, -0.05) is 48.6 Å². The van der Waals surface area contributed by atoms with Crippen LogP contribution < -0.4 is 5.73 Å². The van der Waals surface area contributed by atoms with Gasteiger partial charge < -0.3 is 10.5 Å². The minimum absolute atomic E-state index is 0.0926. The Morgan fingerprint density at radius 1 is 1.10 bits per heavy atom. The van der Waals surface area contributed by atoms with Crippen LogP contribution in [0.1, 0.15) is 55.7 Å². The molecular weight excluding hydrogens is 246 g/mol. The van der Waals surface area contributed by atoms with Crippen molar-refractivity contribution in [2.24, 2.45) is 5.73 Å². The predicted molar refractivity (Wildman–Crippen MR) is 85.0 cm³/mol. The summed E-state index contributed by atoms with van der Waals surface area (Å²) in [5.41, 5.74) is 10.5. The molecule has 1 aliphatic carbocycles. The first kappa shape index (κ1) is 15.5. The van der Waals surface area contributed by atoms with E-state index in [1.165, 1.54) is 36.0 Å². The molecule has 1 atom stereocenters.